The highest BCUT2D eigenvalue weighted by atomic mass is 32.2. The van der Waals surface area contributed by atoms with Crippen molar-refractivity contribution in [3.8, 4) is 0 Å². The second-order valence-corrected chi connectivity index (χ2v) is 7.38. The maximum absolute atomic E-state index is 12.0. The summed E-state index contributed by atoms with van der Waals surface area (Å²) in [5.41, 5.74) is 3.75. The number of thioether (sulfide) groups is 1. The summed E-state index contributed by atoms with van der Waals surface area (Å²) in [6.07, 6.45) is 0. The summed E-state index contributed by atoms with van der Waals surface area (Å²) in [7, 11) is 0. The highest BCUT2D eigenvalue weighted by Crippen LogP contribution is 2.23. The second kappa shape index (κ2) is 5.47. The number of hydrogen-bond acceptors (Lipinski definition) is 6. The van der Waals surface area contributed by atoms with E-state index in [4.69, 9.17) is 0 Å². The number of benzene rings is 1. The van der Waals surface area contributed by atoms with Gasteiger partial charge in [0.05, 0.1) is 16.7 Å². The van der Waals surface area contributed by atoms with Crippen LogP contribution in [0.15, 0.2) is 34.2 Å². The van der Waals surface area contributed by atoms with Crippen molar-refractivity contribution < 1.29 is 0 Å². The van der Waals surface area contributed by atoms with Crippen molar-refractivity contribution in [2.75, 3.05) is 0 Å². The van der Waals surface area contributed by atoms with Gasteiger partial charge in [0.15, 0.2) is 5.16 Å². The van der Waals surface area contributed by atoms with E-state index in [1.165, 1.54) is 39.2 Å². The van der Waals surface area contributed by atoms with E-state index in [0.717, 1.165) is 26.9 Å². The molecule has 0 radical (unpaired) electrons. The van der Waals surface area contributed by atoms with Gasteiger partial charge in [0.1, 0.15) is 5.01 Å². The maximum atomic E-state index is 12.0. The van der Waals surface area contributed by atoms with Crippen LogP contribution in [0.3, 0.4) is 0 Å². The smallest absolute Gasteiger partial charge is 0.275 e. The summed E-state index contributed by atoms with van der Waals surface area (Å²) in [5.74, 6) is 0.585. The van der Waals surface area contributed by atoms with Gasteiger partial charge in [0.2, 0.25) is 4.96 Å². The van der Waals surface area contributed by atoms with Crippen molar-refractivity contribution in [2.45, 2.75) is 24.8 Å². The highest BCUT2D eigenvalue weighted by molar-refractivity contribution is 7.98. The number of aromatic nitrogens is 5. The van der Waals surface area contributed by atoms with Crippen LogP contribution in [0.4, 0.5) is 0 Å². The Balaban J connectivity index is 1.61. The third-order valence-electron chi connectivity index (χ3n) is 3.37. The van der Waals surface area contributed by atoms with E-state index in [2.05, 4.69) is 33.0 Å². The molecule has 116 valence electrons. The molecule has 1 aromatic carbocycles. The number of aryl methyl sites for hydroxylation is 2. The summed E-state index contributed by atoms with van der Waals surface area (Å²) in [4.78, 5) is 25.0. The van der Waals surface area contributed by atoms with Crippen LogP contribution in [0.25, 0.3) is 16.0 Å². The fourth-order valence-electron chi connectivity index (χ4n) is 2.34. The van der Waals surface area contributed by atoms with Crippen LogP contribution >= 0.6 is 23.1 Å². The lowest BCUT2D eigenvalue weighted by atomic mass is 10.2. The Morgan fingerprint density at radius 2 is 2.13 bits per heavy atom. The van der Waals surface area contributed by atoms with Crippen molar-refractivity contribution in [3.63, 3.8) is 0 Å². The zero-order valence-corrected chi connectivity index (χ0v) is 14.2. The summed E-state index contributed by atoms with van der Waals surface area (Å²) < 4.78 is 1.35. The van der Waals surface area contributed by atoms with Gasteiger partial charge < -0.3 is 4.98 Å². The van der Waals surface area contributed by atoms with Crippen molar-refractivity contribution >= 4 is 39.1 Å². The highest BCUT2D eigenvalue weighted by Gasteiger charge is 2.09. The van der Waals surface area contributed by atoms with Gasteiger partial charge in [-0.15, -0.1) is 0 Å². The largest absolute Gasteiger partial charge is 0.333 e. The molecule has 1 N–H and O–H groups in total. The quantitative estimate of drug-likeness (QED) is 0.579. The first kappa shape index (κ1) is 14.4. The zero-order valence-electron chi connectivity index (χ0n) is 12.5. The molecule has 23 heavy (non-hydrogen) atoms. The Morgan fingerprint density at radius 3 is 3.00 bits per heavy atom. The van der Waals surface area contributed by atoms with Crippen molar-refractivity contribution in [2.24, 2.45) is 0 Å². The molecular weight excluding hydrogens is 330 g/mol. The zero-order chi connectivity index (χ0) is 16.0. The molecule has 0 unspecified atom stereocenters. The molecule has 0 aliphatic heterocycles. The minimum Gasteiger partial charge on any atom is -0.333 e. The van der Waals surface area contributed by atoms with Crippen LogP contribution in [-0.4, -0.2) is 24.6 Å². The standard InChI is InChI=1S/C15H13N5OS2/c1-8-3-4-11-12(5-8)18-14(17-11)22-7-10-6-13(21)20-15(16-10)23-9(2)19-20/h3-6H,7H2,1-2H3,(H,17,18). The molecule has 0 aliphatic carbocycles. The van der Waals surface area contributed by atoms with E-state index in [1.54, 1.807) is 0 Å². The molecule has 3 heterocycles. The van der Waals surface area contributed by atoms with E-state index in [9.17, 15) is 4.79 Å². The van der Waals surface area contributed by atoms with E-state index in [1.807, 2.05) is 19.1 Å². The number of rotatable bonds is 3. The van der Waals surface area contributed by atoms with Crippen molar-refractivity contribution in [1.29, 1.82) is 0 Å². The molecular formula is C15H13N5OS2. The Kier molecular flexibility index (Phi) is 3.42. The fourth-order valence-corrected chi connectivity index (χ4v) is 3.88. The molecule has 0 amide bonds. The normalized spacial score (nSPS) is 11.6. The first-order valence-corrected chi connectivity index (χ1v) is 8.84. The van der Waals surface area contributed by atoms with Gasteiger partial charge >= 0.3 is 0 Å². The summed E-state index contributed by atoms with van der Waals surface area (Å²) >= 11 is 2.95. The minimum atomic E-state index is -0.143. The number of hydrogen-bond donors (Lipinski definition) is 1. The maximum Gasteiger partial charge on any atom is 0.275 e. The lowest BCUT2D eigenvalue weighted by Gasteiger charge is -1.98. The van der Waals surface area contributed by atoms with Gasteiger partial charge in [-0.05, 0) is 31.5 Å². The van der Waals surface area contributed by atoms with E-state index in [-0.39, 0.29) is 5.56 Å². The lowest BCUT2D eigenvalue weighted by Crippen LogP contribution is -2.15. The lowest BCUT2D eigenvalue weighted by molar-refractivity contribution is 0.871. The molecule has 0 aliphatic rings. The number of aromatic amines is 1. The Morgan fingerprint density at radius 1 is 1.26 bits per heavy atom. The van der Waals surface area contributed by atoms with E-state index in [0.29, 0.717) is 10.7 Å². The van der Waals surface area contributed by atoms with Crippen LogP contribution in [-0.2, 0) is 5.75 Å². The third kappa shape index (κ3) is 2.75. The molecule has 0 spiro atoms. The molecule has 0 saturated carbocycles. The van der Waals surface area contributed by atoms with Gasteiger partial charge in [-0.1, -0.05) is 29.2 Å². The second-order valence-electron chi connectivity index (χ2n) is 5.25. The van der Waals surface area contributed by atoms with E-state index < -0.39 is 0 Å². The molecule has 6 nitrogen and oxygen atoms in total. The molecule has 0 bridgehead atoms. The number of H-pyrrole nitrogens is 1. The van der Waals surface area contributed by atoms with Crippen molar-refractivity contribution in [1.82, 2.24) is 24.6 Å². The SMILES string of the molecule is Cc1ccc2nc(SCc3cc(=O)n4nc(C)sc4n3)[nH]c2c1. The van der Waals surface area contributed by atoms with Crippen LogP contribution < -0.4 is 5.56 Å². The molecule has 4 aromatic rings. The number of fused-ring (bicyclic) bond motifs is 2. The van der Waals surface area contributed by atoms with Gasteiger partial charge in [0, 0.05) is 11.8 Å². The average Bonchev–Trinajstić information content (AvgIpc) is 3.07. The van der Waals surface area contributed by atoms with Crippen LogP contribution in [0, 0.1) is 13.8 Å². The first-order valence-electron chi connectivity index (χ1n) is 7.04. The molecule has 0 fully saturated rings. The van der Waals surface area contributed by atoms with Gasteiger partial charge in [-0.2, -0.15) is 9.61 Å². The Labute approximate surface area is 139 Å². The predicted octanol–water partition coefficient (Wildman–Crippen LogP) is 2.94. The van der Waals surface area contributed by atoms with Gasteiger partial charge in [-0.25, -0.2) is 9.97 Å². The summed E-state index contributed by atoms with van der Waals surface area (Å²) in [6, 6.07) is 7.65. The minimum absolute atomic E-state index is 0.143. The van der Waals surface area contributed by atoms with Gasteiger partial charge in [0.25, 0.3) is 5.56 Å². The van der Waals surface area contributed by atoms with Gasteiger partial charge in [-0.3, -0.25) is 4.79 Å². The Bertz CT molecular complexity index is 1080. The predicted molar refractivity (Wildman–Crippen MR) is 92.3 cm³/mol. The van der Waals surface area contributed by atoms with Crippen LogP contribution in [0.5, 0.6) is 0 Å². The third-order valence-corrected chi connectivity index (χ3v) is 5.10. The topological polar surface area (TPSA) is 75.9 Å². The number of imidazole rings is 1. The van der Waals surface area contributed by atoms with E-state index >= 15 is 0 Å². The summed E-state index contributed by atoms with van der Waals surface area (Å²) in [6.45, 7) is 3.92. The average molecular weight is 343 g/mol. The Hall–Kier alpha value is -2.19. The van der Waals surface area contributed by atoms with Crippen LogP contribution in [0.1, 0.15) is 16.3 Å². The van der Waals surface area contributed by atoms with Crippen LogP contribution in [0.2, 0.25) is 0 Å². The fraction of sp³-hybridized carbons (Fsp3) is 0.200. The monoisotopic (exact) mass is 343 g/mol. The molecule has 0 atom stereocenters. The molecule has 3 aromatic heterocycles. The molecule has 8 heteroatoms. The number of nitrogens with zero attached hydrogens (tertiary/aromatic N) is 4. The first-order chi connectivity index (χ1) is 11.1. The van der Waals surface area contributed by atoms with Crippen molar-refractivity contribution in [3.05, 3.63) is 50.9 Å². The molecule has 4 rings (SSSR count). The summed E-state index contributed by atoms with van der Waals surface area (Å²) in [5, 5.41) is 5.80. The number of nitrogens with one attached hydrogen (secondary N) is 1. The molecule has 0 saturated heterocycles.